The topological polar surface area (TPSA) is 12.0 Å². The maximum absolute atomic E-state index is 13.7. The van der Waals surface area contributed by atoms with Crippen molar-refractivity contribution in [1.29, 1.82) is 0 Å². The summed E-state index contributed by atoms with van der Waals surface area (Å²) < 4.78 is 26.8. The van der Waals surface area contributed by atoms with Crippen LogP contribution in [0.25, 0.3) is 0 Å². The number of halogens is 2. The van der Waals surface area contributed by atoms with Gasteiger partial charge in [0, 0.05) is 11.6 Å². The molecular formula is C14H19F2N. The lowest BCUT2D eigenvalue weighted by Gasteiger charge is -2.19. The van der Waals surface area contributed by atoms with Gasteiger partial charge in [-0.25, -0.2) is 8.78 Å². The number of hydrogen-bond acceptors (Lipinski definition) is 1. The Morgan fingerprint density at radius 3 is 2.71 bits per heavy atom. The van der Waals surface area contributed by atoms with Crippen LogP contribution in [0.3, 0.4) is 0 Å². The summed E-state index contributed by atoms with van der Waals surface area (Å²) in [6.07, 6.45) is 1.56. The van der Waals surface area contributed by atoms with Crippen LogP contribution in [0.4, 0.5) is 8.78 Å². The van der Waals surface area contributed by atoms with E-state index in [-0.39, 0.29) is 11.9 Å². The fourth-order valence-corrected chi connectivity index (χ4v) is 1.74. The highest BCUT2D eigenvalue weighted by atomic mass is 19.1. The van der Waals surface area contributed by atoms with Gasteiger partial charge in [-0.2, -0.15) is 0 Å². The number of rotatable bonds is 6. The van der Waals surface area contributed by atoms with Gasteiger partial charge in [0.1, 0.15) is 11.6 Å². The minimum absolute atomic E-state index is 0.205. The van der Waals surface area contributed by atoms with Crippen LogP contribution >= 0.6 is 0 Å². The van der Waals surface area contributed by atoms with Crippen molar-refractivity contribution in [2.24, 2.45) is 0 Å². The van der Waals surface area contributed by atoms with Gasteiger partial charge in [-0.1, -0.05) is 12.5 Å². The van der Waals surface area contributed by atoms with Gasteiger partial charge in [0.25, 0.3) is 0 Å². The van der Waals surface area contributed by atoms with Crippen LogP contribution in [0, 0.1) is 11.6 Å². The molecular weight excluding hydrogens is 220 g/mol. The van der Waals surface area contributed by atoms with Gasteiger partial charge in [-0.15, -0.1) is 6.58 Å². The van der Waals surface area contributed by atoms with E-state index in [1.54, 1.807) is 0 Å². The van der Waals surface area contributed by atoms with E-state index in [1.165, 1.54) is 12.1 Å². The summed E-state index contributed by atoms with van der Waals surface area (Å²) in [5, 5.41) is 3.22. The molecule has 0 aromatic heterocycles. The minimum Gasteiger partial charge on any atom is -0.310 e. The molecule has 0 radical (unpaired) electrons. The second kappa shape index (κ2) is 6.50. The molecule has 0 fully saturated rings. The van der Waals surface area contributed by atoms with Crippen molar-refractivity contribution in [2.75, 3.05) is 6.54 Å². The zero-order chi connectivity index (χ0) is 12.8. The Balaban J connectivity index is 2.93. The lowest BCUT2D eigenvalue weighted by atomic mass is 9.99. The second-order valence-corrected chi connectivity index (χ2v) is 4.33. The van der Waals surface area contributed by atoms with E-state index in [1.807, 2.05) is 13.8 Å². The third-order valence-electron chi connectivity index (χ3n) is 2.53. The molecule has 0 spiro atoms. The Morgan fingerprint density at radius 1 is 1.41 bits per heavy atom. The van der Waals surface area contributed by atoms with Crippen molar-refractivity contribution in [1.82, 2.24) is 5.32 Å². The largest absolute Gasteiger partial charge is 0.310 e. The second-order valence-electron chi connectivity index (χ2n) is 4.33. The molecule has 0 aliphatic heterocycles. The van der Waals surface area contributed by atoms with E-state index in [9.17, 15) is 8.78 Å². The number of benzene rings is 1. The first-order chi connectivity index (χ1) is 8.04. The molecule has 94 valence electrons. The smallest absolute Gasteiger partial charge is 0.128 e. The first kappa shape index (κ1) is 13.8. The molecule has 0 saturated heterocycles. The first-order valence-corrected chi connectivity index (χ1v) is 5.87. The molecule has 17 heavy (non-hydrogen) atoms. The highest BCUT2D eigenvalue weighted by Gasteiger charge is 2.15. The summed E-state index contributed by atoms with van der Waals surface area (Å²) >= 11 is 0. The van der Waals surface area contributed by atoms with Crippen LogP contribution in [0.5, 0.6) is 0 Å². The monoisotopic (exact) mass is 239 g/mol. The summed E-state index contributed by atoms with van der Waals surface area (Å²) in [6.45, 7) is 8.52. The average molecular weight is 239 g/mol. The maximum atomic E-state index is 13.7. The third kappa shape index (κ3) is 4.27. The quantitative estimate of drug-likeness (QED) is 0.741. The van der Waals surface area contributed by atoms with E-state index >= 15 is 0 Å². The van der Waals surface area contributed by atoms with E-state index in [0.717, 1.165) is 24.6 Å². The summed E-state index contributed by atoms with van der Waals surface area (Å²) in [5.74, 6) is -0.785. The SMILES string of the molecule is C=C(C)CC(NCCC)c1cc(F)ccc1F. The Morgan fingerprint density at radius 2 is 2.12 bits per heavy atom. The van der Waals surface area contributed by atoms with Gasteiger partial charge < -0.3 is 5.32 Å². The summed E-state index contributed by atoms with van der Waals surface area (Å²) in [6, 6.07) is 3.36. The molecule has 1 atom stereocenters. The standard InChI is InChI=1S/C14H19F2N/c1-4-7-17-14(8-10(2)3)12-9-11(15)5-6-13(12)16/h5-6,9,14,17H,2,4,7-8H2,1,3H3. The van der Waals surface area contributed by atoms with Crippen molar-refractivity contribution >= 4 is 0 Å². The van der Waals surface area contributed by atoms with Crippen molar-refractivity contribution < 1.29 is 8.78 Å². The van der Waals surface area contributed by atoms with Gasteiger partial charge in [0.05, 0.1) is 0 Å². The zero-order valence-corrected chi connectivity index (χ0v) is 10.4. The van der Waals surface area contributed by atoms with Gasteiger partial charge in [-0.05, 0) is 44.5 Å². The molecule has 0 bridgehead atoms. The maximum Gasteiger partial charge on any atom is 0.128 e. The van der Waals surface area contributed by atoms with Gasteiger partial charge >= 0.3 is 0 Å². The Kier molecular flexibility index (Phi) is 5.29. The molecule has 0 heterocycles. The van der Waals surface area contributed by atoms with Gasteiger partial charge in [-0.3, -0.25) is 0 Å². The van der Waals surface area contributed by atoms with Gasteiger partial charge in [0.15, 0.2) is 0 Å². The van der Waals surface area contributed by atoms with Crippen molar-refractivity contribution in [3.05, 3.63) is 47.5 Å². The predicted octanol–water partition coefficient (Wildman–Crippen LogP) is 3.97. The average Bonchev–Trinajstić information content (AvgIpc) is 2.27. The molecule has 1 nitrogen and oxygen atoms in total. The molecule has 1 aromatic rings. The molecule has 1 unspecified atom stereocenters. The molecule has 0 aliphatic rings. The normalized spacial score (nSPS) is 12.5. The molecule has 0 saturated carbocycles. The first-order valence-electron chi connectivity index (χ1n) is 5.87. The van der Waals surface area contributed by atoms with Crippen LogP contribution in [0.1, 0.15) is 38.3 Å². The molecule has 1 rings (SSSR count). The molecule has 0 amide bonds. The summed E-state index contributed by atoms with van der Waals surface area (Å²) in [5.41, 5.74) is 1.32. The molecule has 1 N–H and O–H groups in total. The fraction of sp³-hybridized carbons (Fsp3) is 0.429. The van der Waals surface area contributed by atoms with E-state index < -0.39 is 5.82 Å². The Bertz CT molecular complexity index is 388. The minimum atomic E-state index is -0.411. The Hall–Kier alpha value is -1.22. The van der Waals surface area contributed by atoms with E-state index in [4.69, 9.17) is 0 Å². The zero-order valence-electron chi connectivity index (χ0n) is 10.4. The number of nitrogens with one attached hydrogen (secondary N) is 1. The molecule has 0 aliphatic carbocycles. The summed E-state index contributed by atoms with van der Waals surface area (Å²) in [7, 11) is 0. The van der Waals surface area contributed by atoms with Crippen LogP contribution < -0.4 is 5.32 Å². The molecule has 3 heteroatoms. The highest BCUT2D eigenvalue weighted by molar-refractivity contribution is 5.23. The number of hydrogen-bond donors (Lipinski definition) is 1. The van der Waals surface area contributed by atoms with Crippen molar-refractivity contribution in [3.8, 4) is 0 Å². The third-order valence-corrected chi connectivity index (χ3v) is 2.53. The van der Waals surface area contributed by atoms with Crippen LogP contribution in [0.2, 0.25) is 0 Å². The van der Waals surface area contributed by atoms with E-state index in [0.29, 0.717) is 12.0 Å². The van der Waals surface area contributed by atoms with Crippen molar-refractivity contribution in [3.63, 3.8) is 0 Å². The Labute approximate surface area is 102 Å². The highest BCUT2D eigenvalue weighted by Crippen LogP contribution is 2.23. The van der Waals surface area contributed by atoms with Crippen molar-refractivity contribution in [2.45, 2.75) is 32.7 Å². The predicted molar refractivity (Wildman–Crippen MR) is 66.8 cm³/mol. The van der Waals surface area contributed by atoms with Crippen LogP contribution in [-0.2, 0) is 0 Å². The lowest BCUT2D eigenvalue weighted by Crippen LogP contribution is -2.23. The van der Waals surface area contributed by atoms with Crippen LogP contribution in [-0.4, -0.2) is 6.54 Å². The summed E-state index contributed by atoms with van der Waals surface area (Å²) in [4.78, 5) is 0. The molecule has 1 aromatic carbocycles. The van der Waals surface area contributed by atoms with E-state index in [2.05, 4.69) is 11.9 Å². The van der Waals surface area contributed by atoms with Crippen LogP contribution in [0.15, 0.2) is 30.4 Å². The lowest BCUT2D eigenvalue weighted by molar-refractivity contribution is 0.490. The van der Waals surface area contributed by atoms with Gasteiger partial charge in [0.2, 0.25) is 0 Å². The fourth-order valence-electron chi connectivity index (χ4n) is 1.74.